The second-order valence-electron chi connectivity index (χ2n) is 6.74. The summed E-state index contributed by atoms with van der Waals surface area (Å²) in [7, 11) is -3.96. The Labute approximate surface area is 186 Å². The summed E-state index contributed by atoms with van der Waals surface area (Å²) in [5, 5.41) is 19.8. The van der Waals surface area contributed by atoms with E-state index in [0.29, 0.717) is 13.1 Å². The molecule has 0 saturated carbocycles. The molecule has 1 aliphatic heterocycles. The lowest BCUT2D eigenvalue weighted by atomic mass is 9.97. The second-order valence-corrected chi connectivity index (χ2v) is 10.1. The fourth-order valence-corrected chi connectivity index (χ4v) is 5.72. The lowest BCUT2D eigenvalue weighted by Crippen LogP contribution is -2.53. The smallest absolute Gasteiger partial charge is 0.480 e. The summed E-state index contributed by atoms with van der Waals surface area (Å²) in [6.07, 6.45) is -4.93. The number of halogens is 3. The van der Waals surface area contributed by atoms with Crippen molar-refractivity contribution < 1.29 is 41.4 Å². The normalized spacial score (nSPS) is 15.8. The Balaban J connectivity index is 0.000000451. The molecule has 2 aromatic carbocycles. The first kappa shape index (κ1) is 25.7. The molecule has 0 aliphatic carbocycles. The number of rotatable bonds is 5. The van der Waals surface area contributed by atoms with Gasteiger partial charge in [-0.3, -0.25) is 4.79 Å². The SMILES string of the molecule is O=C(O)C(F)(F)F.O=C(O)C1(S(=O)(=O)c2ccc(Sc3ccccc3)cc2)CCNCC1. The van der Waals surface area contributed by atoms with Crippen molar-refractivity contribution in [2.24, 2.45) is 0 Å². The van der Waals surface area contributed by atoms with Gasteiger partial charge in [-0.05, 0) is 62.3 Å². The molecule has 0 atom stereocenters. The van der Waals surface area contributed by atoms with Crippen LogP contribution in [0.1, 0.15) is 12.8 Å². The Kier molecular flexibility index (Phi) is 8.32. The zero-order valence-electron chi connectivity index (χ0n) is 16.5. The molecule has 3 N–H and O–H groups in total. The van der Waals surface area contributed by atoms with Crippen molar-refractivity contribution in [3.63, 3.8) is 0 Å². The molecule has 7 nitrogen and oxygen atoms in total. The third-order valence-corrected chi connectivity index (χ3v) is 8.19. The summed E-state index contributed by atoms with van der Waals surface area (Å²) in [4.78, 5) is 22.7. The van der Waals surface area contributed by atoms with Gasteiger partial charge in [-0.25, -0.2) is 13.2 Å². The third-order valence-electron chi connectivity index (χ3n) is 4.67. The van der Waals surface area contributed by atoms with Crippen LogP contribution < -0.4 is 5.32 Å². The van der Waals surface area contributed by atoms with E-state index in [0.717, 1.165) is 9.79 Å². The maximum atomic E-state index is 13.0. The van der Waals surface area contributed by atoms with Gasteiger partial charge in [-0.2, -0.15) is 13.2 Å². The molecule has 1 fully saturated rings. The van der Waals surface area contributed by atoms with Crippen LogP contribution in [0.5, 0.6) is 0 Å². The van der Waals surface area contributed by atoms with Gasteiger partial charge >= 0.3 is 18.1 Å². The predicted octanol–water partition coefficient (Wildman–Crippen LogP) is 3.45. The summed E-state index contributed by atoms with van der Waals surface area (Å²) >= 11 is 1.53. The van der Waals surface area contributed by atoms with E-state index in [2.05, 4.69) is 5.32 Å². The Morgan fingerprint density at radius 3 is 1.81 bits per heavy atom. The highest BCUT2D eigenvalue weighted by atomic mass is 32.2. The first-order chi connectivity index (χ1) is 14.9. The summed E-state index contributed by atoms with van der Waals surface area (Å²) in [5.74, 6) is -4.02. The molecule has 0 radical (unpaired) electrons. The van der Waals surface area contributed by atoms with Gasteiger partial charge in [0.05, 0.1) is 4.90 Å². The van der Waals surface area contributed by atoms with Gasteiger partial charge in [0, 0.05) is 9.79 Å². The monoisotopic (exact) mass is 491 g/mol. The van der Waals surface area contributed by atoms with Gasteiger partial charge in [0.25, 0.3) is 0 Å². The van der Waals surface area contributed by atoms with Crippen molar-refractivity contribution in [1.82, 2.24) is 5.32 Å². The number of aliphatic carboxylic acids is 2. The van der Waals surface area contributed by atoms with Gasteiger partial charge in [-0.15, -0.1) is 0 Å². The average Bonchev–Trinajstić information content (AvgIpc) is 2.75. The molecule has 1 aliphatic rings. The zero-order chi connectivity index (χ0) is 24.0. The molecule has 12 heteroatoms. The number of hydrogen-bond donors (Lipinski definition) is 3. The van der Waals surface area contributed by atoms with E-state index >= 15 is 0 Å². The number of nitrogens with one attached hydrogen (secondary N) is 1. The van der Waals surface area contributed by atoms with Crippen LogP contribution in [0.2, 0.25) is 0 Å². The van der Waals surface area contributed by atoms with Crippen LogP contribution in [0.3, 0.4) is 0 Å². The van der Waals surface area contributed by atoms with Crippen LogP contribution >= 0.6 is 11.8 Å². The number of carboxylic acids is 2. The topological polar surface area (TPSA) is 121 Å². The van der Waals surface area contributed by atoms with Crippen LogP contribution in [-0.2, 0) is 19.4 Å². The lowest BCUT2D eigenvalue weighted by Gasteiger charge is -2.33. The summed E-state index contributed by atoms with van der Waals surface area (Å²) in [6, 6.07) is 16.2. The van der Waals surface area contributed by atoms with Crippen LogP contribution in [-0.4, -0.2) is 54.6 Å². The van der Waals surface area contributed by atoms with Crippen molar-refractivity contribution in [2.45, 2.75) is 38.5 Å². The molecule has 3 rings (SSSR count). The van der Waals surface area contributed by atoms with Crippen LogP contribution in [0, 0.1) is 0 Å². The van der Waals surface area contributed by atoms with Crippen molar-refractivity contribution in [3.8, 4) is 0 Å². The van der Waals surface area contributed by atoms with E-state index in [1.807, 2.05) is 30.3 Å². The highest BCUT2D eigenvalue weighted by Crippen LogP contribution is 2.35. The second kappa shape index (κ2) is 10.4. The van der Waals surface area contributed by atoms with Crippen LogP contribution in [0.25, 0.3) is 0 Å². The molecule has 1 saturated heterocycles. The molecular formula is C20H20F3NO6S2. The number of sulfone groups is 1. The summed E-state index contributed by atoms with van der Waals surface area (Å²) in [5.41, 5.74) is 0. The minimum Gasteiger partial charge on any atom is -0.480 e. The van der Waals surface area contributed by atoms with Crippen molar-refractivity contribution >= 4 is 33.5 Å². The molecule has 0 amide bonds. The maximum Gasteiger partial charge on any atom is 0.490 e. The molecule has 0 bridgehead atoms. The minimum atomic E-state index is -5.08. The Bertz CT molecular complexity index is 1040. The Hall–Kier alpha value is -2.57. The number of alkyl halides is 3. The highest BCUT2D eigenvalue weighted by Gasteiger charge is 2.52. The molecule has 0 unspecified atom stereocenters. The van der Waals surface area contributed by atoms with E-state index in [1.165, 1.54) is 23.9 Å². The van der Waals surface area contributed by atoms with E-state index < -0.39 is 32.7 Å². The van der Waals surface area contributed by atoms with Crippen molar-refractivity contribution in [2.75, 3.05) is 13.1 Å². The van der Waals surface area contributed by atoms with E-state index in [1.54, 1.807) is 12.1 Å². The van der Waals surface area contributed by atoms with E-state index in [4.69, 9.17) is 9.90 Å². The Morgan fingerprint density at radius 1 is 0.906 bits per heavy atom. The Morgan fingerprint density at radius 2 is 1.38 bits per heavy atom. The van der Waals surface area contributed by atoms with Gasteiger partial charge < -0.3 is 15.5 Å². The van der Waals surface area contributed by atoms with Gasteiger partial charge in [0.1, 0.15) is 0 Å². The standard InChI is InChI=1S/C18H19NO4S2.C2HF3O2/c20-17(21)18(10-12-19-13-11-18)25(22,23)16-8-6-15(7-9-16)24-14-4-2-1-3-5-14;3-2(4,5)1(6)7/h1-9,19H,10-13H2,(H,20,21);(H,6,7). The van der Waals surface area contributed by atoms with Crippen LogP contribution in [0.15, 0.2) is 69.3 Å². The molecule has 0 aromatic heterocycles. The zero-order valence-corrected chi connectivity index (χ0v) is 18.1. The van der Waals surface area contributed by atoms with Crippen LogP contribution in [0.4, 0.5) is 13.2 Å². The summed E-state index contributed by atoms with van der Waals surface area (Å²) in [6.45, 7) is 0.765. The van der Waals surface area contributed by atoms with Gasteiger partial charge in [0.2, 0.25) is 0 Å². The first-order valence-electron chi connectivity index (χ1n) is 9.22. The predicted molar refractivity (Wildman–Crippen MR) is 110 cm³/mol. The van der Waals surface area contributed by atoms with Crippen molar-refractivity contribution in [3.05, 3.63) is 54.6 Å². The van der Waals surface area contributed by atoms with E-state index in [-0.39, 0.29) is 17.7 Å². The number of benzene rings is 2. The number of carboxylic acid groups (broad SMARTS) is 2. The average molecular weight is 492 g/mol. The number of hydrogen-bond acceptors (Lipinski definition) is 6. The number of piperidine rings is 1. The fourth-order valence-electron chi connectivity index (χ4n) is 2.97. The molecule has 1 heterocycles. The maximum absolute atomic E-state index is 13.0. The summed E-state index contributed by atoms with van der Waals surface area (Å²) < 4.78 is 56.0. The molecular weight excluding hydrogens is 471 g/mol. The molecule has 0 spiro atoms. The van der Waals surface area contributed by atoms with Crippen molar-refractivity contribution in [1.29, 1.82) is 0 Å². The largest absolute Gasteiger partial charge is 0.490 e. The number of carbonyl (C=O) groups is 2. The quantitative estimate of drug-likeness (QED) is 0.582. The molecule has 2 aromatic rings. The minimum absolute atomic E-state index is 0.0641. The van der Waals surface area contributed by atoms with E-state index in [9.17, 15) is 31.5 Å². The molecule has 32 heavy (non-hydrogen) atoms. The highest BCUT2D eigenvalue weighted by molar-refractivity contribution is 7.99. The lowest BCUT2D eigenvalue weighted by molar-refractivity contribution is -0.192. The van der Waals surface area contributed by atoms with Gasteiger partial charge in [-0.1, -0.05) is 30.0 Å². The third kappa shape index (κ3) is 6.02. The molecule has 174 valence electrons. The first-order valence-corrected chi connectivity index (χ1v) is 11.5. The van der Waals surface area contributed by atoms with Gasteiger partial charge in [0.15, 0.2) is 14.6 Å². The fraction of sp³-hybridized carbons (Fsp3) is 0.300.